The number of amides is 4. The van der Waals surface area contributed by atoms with E-state index in [1.807, 2.05) is 0 Å². The molecule has 0 aromatic rings. The molecule has 4 amide bonds. The molecule has 30 nitrogen and oxygen atoms in total. The van der Waals surface area contributed by atoms with E-state index in [0.29, 0.717) is 0 Å². The van der Waals surface area contributed by atoms with Crippen molar-refractivity contribution in [1.29, 1.82) is 0 Å². The third-order valence-corrected chi connectivity index (χ3v) is 11.5. The Balaban J connectivity index is 6.18. The average molecular weight is 1090 g/mol. The first kappa shape index (κ1) is 69.4. The SMILES string of the molecule is O=C(O)CCN(CCNC(=O)CCN(CCC(=O)NCCN(CCC(=O)O)CCC(=O)O)CCN(CCC(=O)NCCN(CCC(=O)O)CCC(=O)O)CCC(=O)NCCN(CCC(=O)O)CCC(=O)O)CCC(=O)O. The summed E-state index contributed by atoms with van der Waals surface area (Å²) in [5.41, 5.74) is 0. The molecule has 0 radical (unpaired) electrons. The maximum atomic E-state index is 13.1. The number of nitrogens with one attached hydrogen (secondary N) is 4. The van der Waals surface area contributed by atoms with Gasteiger partial charge in [0.15, 0.2) is 0 Å². The topological polar surface area (TPSA) is 434 Å². The molecule has 0 saturated heterocycles. The van der Waals surface area contributed by atoms with Crippen molar-refractivity contribution in [3.8, 4) is 0 Å². The standard InChI is InChI=1S/C46H80N10O20/c57-35(47-13-29-51(21-5-39(61)62)22-6-40(63)64)1-17-55(18-2-36(58)48-14-30-52(23-7-41(65)66)24-8-42(67)68)33-34-56(19-3-37(59)49-15-31-53(25-9-43(69)70)26-10-44(71)72)20-4-38(60)50-16-32-54(27-11-45(73)74)28-12-46(75)76/h1-34H2,(H,47,57)(H,48,58)(H,49,59)(H,50,60)(H,61,62)(H,63,64)(H,65,66)(H,67,68)(H,69,70)(H,71,72)(H,73,74)(H,75,76). The molecule has 0 rings (SSSR count). The molecular formula is C46H80N10O20. The van der Waals surface area contributed by atoms with Gasteiger partial charge in [0.25, 0.3) is 0 Å². The van der Waals surface area contributed by atoms with Gasteiger partial charge in [-0.25, -0.2) is 0 Å². The molecule has 0 aliphatic carbocycles. The molecule has 434 valence electrons. The highest BCUT2D eigenvalue weighted by Crippen LogP contribution is 2.04. The summed E-state index contributed by atoms with van der Waals surface area (Å²) in [5, 5.41) is 83.8. The molecule has 0 saturated carbocycles. The van der Waals surface area contributed by atoms with Crippen LogP contribution in [0.25, 0.3) is 0 Å². The van der Waals surface area contributed by atoms with Crippen LogP contribution in [-0.2, 0) is 57.5 Å². The summed E-state index contributed by atoms with van der Waals surface area (Å²) in [6.45, 7) is 2.20. The van der Waals surface area contributed by atoms with Gasteiger partial charge < -0.3 is 91.5 Å². The van der Waals surface area contributed by atoms with Crippen LogP contribution in [0.1, 0.15) is 77.0 Å². The van der Waals surface area contributed by atoms with E-state index in [9.17, 15) is 57.5 Å². The number of hydrogen-bond donors (Lipinski definition) is 12. The van der Waals surface area contributed by atoms with E-state index in [0.717, 1.165) is 0 Å². The van der Waals surface area contributed by atoms with E-state index in [1.54, 1.807) is 29.4 Å². The summed E-state index contributed by atoms with van der Waals surface area (Å²) in [4.78, 5) is 152. The average Bonchev–Trinajstić information content (AvgIpc) is 3.33. The lowest BCUT2D eigenvalue weighted by Crippen LogP contribution is -2.43. The van der Waals surface area contributed by atoms with Crippen LogP contribution < -0.4 is 21.3 Å². The van der Waals surface area contributed by atoms with Crippen LogP contribution in [0, 0.1) is 0 Å². The van der Waals surface area contributed by atoms with Crippen LogP contribution in [0.4, 0.5) is 0 Å². The fourth-order valence-electron chi connectivity index (χ4n) is 7.13. The van der Waals surface area contributed by atoms with E-state index in [1.165, 1.54) is 0 Å². The molecule has 0 aromatic heterocycles. The van der Waals surface area contributed by atoms with Crippen molar-refractivity contribution in [2.45, 2.75) is 77.0 Å². The second-order valence-corrected chi connectivity index (χ2v) is 17.6. The molecule has 12 N–H and O–H groups in total. The Bertz CT molecular complexity index is 1520. The lowest BCUT2D eigenvalue weighted by Gasteiger charge is -2.28. The van der Waals surface area contributed by atoms with Crippen molar-refractivity contribution in [2.75, 3.05) is 144 Å². The highest BCUT2D eigenvalue weighted by molar-refractivity contribution is 5.78. The van der Waals surface area contributed by atoms with Gasteiger partial charge >= 0.3 is 47.8 Å². The van der Waals surface area contributed by atoms with Crippen molar-refractivity contribution < 1.29 is 98.4 Å². The first-order chi connectivity index (χ1) is 35.9. The van der Waals surface area contributed by atoms with Crippen LogP contribution >= 0.6 is 0 Å². The Labute approximate surface area is 440 Å². The number of nitrogens with zero attached hydrogens (tertiary/aromatic N) is 6. The van der Waals surface area contributed by atoms with Crippen molar-refractivity contribution in [3.63, 3.8) is 0 Å². The summed E-state index contributed by atoms with van der Waals surface area (Å²) in [6.07, 6.45) is -2.26. The Kier molecular flexibility index (Phi) is 38.9. The Hall–Kier alpha value is -6.60. The number of carboxylic acid groups (broad SMARTS) is 8. The number of aliphatic carboxylic acids is 8. The molecule has 0 aliphatic rings. The van der Waals surface area contributed by atoms with Gasteiger partial charge in [0.2, 0.25) is 23.6 Å². The smallest absolute Gasteiger partial charge is 0.304 e. The molecule has 0 spiro atoms. The molecule has 0 aromatic carbocycles. The molecule has 76 heavy (non-hydrogen) atoms. The van der Waals surface area contributed by atoms with Crippen LogP contribution in [0.15, 0.2) is 0 Å². The Morgan fingerprint density at radius 1 is 0.197 bits per heavy atom. The van der Waals surface area contributed by atoms with E-state index < -0.39 is 71.4 Å². The lowest BCUT2D eigenvalue weighted by molar-refractivity contribution is -0.139. The minimum absolute atomic E-state index is 0.0560. The highest BCUT2D eigenvalue weighted by Gasteiger charge is 2.19. The summed E-state index contributed by atoms with van der Waals surface area (Å²) >= 11 is 0. The molecule has 0 unspecified atom stereocenters. The molecule has 0 bridgehead atoms. The first-order valence-electron chi connectivity index (χ1n) is 25.1. The molecule has 0 aliphatic heterocycles. The van der Waals surface area contributed by atoms with E-state index >= 15 is 0 Å². The van der Waals surface area contributed by atoms with Crippen molar-refractivity contribution in [1.82, 2.24) is 50.7 Å². The predicted molar refractivity (Wildman–Crippen MR) is 267 cm³/mol. The van der Waals surface area contributed by atoms with Gasteiger partial charge in [0, 0.05) is 170 Å². The fraction of sp³-hybridized carbons (Fsp3) is 0.739. The maximum Gasteiger partial charge on any atom is 0.304 e. The molecule has 0 heterocycles. The van der Waals surface area contributed by atoms with E-state index in [-0.39, 0.29) is 221 Å². The molecule has 0 fully saturated rings. The third kappa shape index (κ3) is 43.8. The minimum atomic E-state index is -1.08. The quantitative estimate of drug-likeness (QED) is 0.0283. The summed E-state index contributed by atoms with van der Waals surface area (Å²) in [7, 11) is 0. The van der Waals surface area contributed by atoms with Crippen molar-refractivity contribution in [3.05, 3.63) is 0 Å². The first-order valence-corrected chi connectivity index (χ1v) is 25.1. The van der Waals surface area contributed by atoms with Crippen LogP contribution in [0.5, 0.6) is 0 Å². The molecular weight excluding hydrogens is 1010 g/mol. The van der Waals surface area contributed by atoms with E-state index in [4.69, 9.17) is 40.9 Å². The Morgan fingerprint density at radius 2 is 0.329 bits per heavy atom. The second kappa shape index (κ2) is 42.6. The number of hydrogen-bond acceptors (Lipinski definition) is 18. The van der Waals surface area contributed by atoms with Gasteiger partial charge in [-0.1, -0.05) is 0 Å². The summed E-state index contributed by atoms with van der Waals surface area (Å²) < 4.78 is 0. The zero-order valence-electron chi connectivity index (χ0n) is 43.2. The highest BCUT2D eigenvalue weighted by atomic mass is 16.4. The molecule has 0 atom stereocenters. The van der Waals surface area contributed by atoms with Crippen LogP contribution in [-0.4, -0.2) is 286 Å². The zero-order valence-corrected chi connectivity index (χ0v) is 43.2. The van der Waals surface area contributed by atoms with Gasteiger partial charge in [-0.05, 0) is 0 Å². The van der Waals surface area contributed by atoms with Crippen molar-refractivity contribution in [2.24, 2.45) is 0 Å². The predicted octanol–water partition coefficient (Wildman–Crippen LogP) is -3.38. The number of rotatable bonds is 51. The van der Waals surface area contributed by atoms with Crippen LogP contribution in [0.2, 0.25) is 0 Å². The number of carbonyl (C=O) groups is 12. The second-order valence-electron chi connectivity index (χ2n) is 17.6. The number of carbonyl (C=O) groups excluding carboxylic acids is 4. The molecule has 30 heteroatoms. The summed E-state index contributed by atoms with van der Waals surface area (Å²) in [6, 6.07) is 0. The monoisotopic (exact) mass is 1090 g/mol. The lowest BCUT2D eigenvalue weighted by atomic mass is 10.2. The Morgan fingerprint density at radius 3 is 0.474 bits per heavy atom. The van der Waals surface area contributed by atoms with E-state index in [2.05, 4.69) is 21.3 Å². The van der Waals surface area contributed by atoms with Gasteiger partial charge in [-0.15, -0.1) is 0 Å². The fourth-order valence-corrected chi connectivity index (χ4v) is 7.13. The maximum absolute atomic E-state index is 13.1. The third-order valence-electron chi connectivity index (χ3n) is 11.5. The minimum Gasteiger partial charge on any atom is -0.481 e. The zero-order chi connectivity index (χ0) is 57.3. The summed E-state index contributed by atoms with van der Waals surface area (Å²) in [5.74, 6) is -10.3. The number of carboxylic acids is 8. The van der Waals surface area contributed by atoms with Gasteiger partial charge in [-0.3, -0.25) is 57.5 Å². The van der Waals surface area contributed by atoms with Gasteiger partial charge in [-0.2, -0.15) is 0 Å². The van der Waals surface area contributed by atoms with Gasteiger partial charge in [0.1, 0.15) is 0 Å². The normalized spacial score (nSPS) is 11.3. The largest absolute Gasteiger partial charge is 0.481 e. The van der Waals surface area contributed by atoms with Crippen LogP contribution in [0.3, 0.4) is 0 Å². The van der Waals surface area contributed by atoms with Crippen molar-refractivity contribution >= 4 is 71.4 Å². The van der Waals surface area contributed by atoms with Gasteiger partial charge in [0.05, 0.1) is 51.4 Å².